The molecule has 4 atom stereocenters. The smallest absolute Gasteiger partial charge is 0.253 e. The Bertz CT molecular complexity index is 1240. The van der Waals surface area contributed by atoms with E-state index in [2.05, 4.69) is 4.90 Å². The van der Waals surface area contributed by atoms with Gasteiger partial charge in [-0.05, 0) is 44.5 Å². The summed E-state index contributed by atoms with van der Waals surface area (Å²) < 4.78 is 10.9. The van der Waals surface area contributed by atoms with Gasteiger partial charge in [-0.1, -0.05) is 18.2 Å². The molecule has 3 fully saturated rings. The van der Waals surface area contributed by atoms with Crippen LogP contribution in [0.1, 0.15) is 25.3 Å². The molecule has 0 aliphatic carbocycles. The second-order valence-electron chi connectivity index (χ2n) is 9.29. The number of ether oxygens (including phenoxy) is 2. The van der Waals surface area contributed by atoms with E-state index in [0.717, 1.165) is 24.1 Å². The number of fused-ring (bicyclic) bond motifs is 8. The monoisotopic (exact) mass is 445 g/mol. The van der Waals surface area contributed by atoms with E-state index >= 15 is 0 Å². The molecule has 0 N–H and O–H groups in total. The van der Waals surface area contributed by atoms with Crippen molar-refractivity contribution in [2.24, 2.45) is 11.8 Å². The van der Waals surface area contributed by atoms with E-state index in [9.17, 15) is 14.4 Å². The third-order valence-electron chi connectivity index (χ3n) is 8.08. The van der Waals surface area contributed by atoms with Crippen LogP contribution in [-0.4, -0.2) is 48.5 Å². The molecular weight excluding hydrogens is 422 g/mol. The van der Waals surface area contributed by atoms with E-state index < -0.39 is 17.4 Å². The lowest BCUT2D eigenvalue weighted by atomic mass is 9.75. The van der Waals surface area contributed by atoms with Crippen LogP contribution in [0.5, 0.6) is 11.5 Å². The molecule has 33 heavy (non-hydrogen) atoms. The molecule has 7 rings (SSSR count). The van der Waals surface area contributed by atoms with Crippen molar-refractivity contribution < 1.29 is 23.9 Å². The molecule has 5 aliphatic heterocycles. The van der Waals surface area contributed by atoms with Crippen LogP contribution in [0.2, 0.25) is 0 Å². The highest BCUT2D eigenvalue weighted by atomic mass is 16.7. The molecule has 5 aliphatic rings. The fraction of sp³-hybridized carbons (Fsp3) is 0.400. The molecule has 1 spiro atoms. The fourth-order valence-corrected chi connectivity index (χ4v) is 6.93. The Balaban J connectivity index is 1.41. The number of carbonyl (C=O) groups excluding carboxylic acids is 3. The van der Waals surface area contributed by atoms with E-state index in [1.807, 2.05) is 31.2 Å². The van der Waals surface area contributed by atoms with E-state index in [0.29, 0.717) is 30.3 Å². The number of benzene rings is 2. The Kier molecular flexibility index (Phi) is 3.68. The normalized spacial score (nSPS) is 31.7. The van der Waals surface area contributed by atoms with Gasteiger partial charge in [0.25, 0.3) is 5.91 Å². The van der Waals surface area contributed by atoms with Crippen LogP contribution in [0.3, 0.4) is 0 Å². The number of rotatable bonds is 2. The number of para-hydroxylation sites is 1. The molecule has 8 nitrogen and oxygen atoms in total. The van der Waals surface area contributed by atoms with Crippen LogP contribution in [0, 0.1) is 11.8 Å². The standard InChI is InChI=1S/C25H23N3O5/c1-2-26-16-7-4-3-6-15(16)25(24(26)31)21-20(17-8-5-11-27(17)25)22(29)28(23(21)30)14-9-10-18-19(12-14)33-13-32-18/h3-4,6-7,9-10,12,17,20-21H,2,5,8,11,13H2,1H3/t17-,20+,21-,25+/m0/s1. The highest BCUT2D eigenvalue weighted by Crippen LogP contribution is 2.62. The molecule has 2 aromatic rings. The van der Waals surface area contributed by atoms with Crippen LogP contribution in [0.25, 0.3) is 0 Å². The number of hydrogen-bond acceptors (Lipinski definition) is 6. The van der Waals surface area contributed by atoms with Gasteiger partial charge in [-0.15, -0.1) is 0 Å². The second kappa shape index (κ2) is 6.35. The summed E-state index contributed by atoms with van der Waals surface area (Å²) in [5.41, 5.74) is 1.04. The van der Waals surface area contributed by atoms with E-state index in [1.165, 1.54) is 4.90 Å². The summed E-state index contributed by atoms with van der Waals surface area (Å²) >= 11 is 0. The molecule has 8 heteroatoms. The summed E-state index contributed by atoms with van der Waals surface area (Å²) in [6, 6.07) is 12.7. The number of carbonyl (C=O) groups is 3. The summed E-state index contributed by atoms with van der Waals surface area (Å²) in [7, 11) is 0. The van der Waals surface area contributed by atoms with Crippen LogP contribution < -0.4 is 19.3 Å². The Labute approximate surface area is 190 Å². The maximum Gasteiger partial charge on any atom is 0.253 e. The van der Waals surface area contributed by atoms with Crippen LogP contribution >= 0.6 is 0 Å². The molecule has 0 bridgehead atoms. The van der Waals surface area contributed by atoms with E-state index in [-0.39, 0.29) is 30.6 Å². The molecule has 0 saturated carbocycles. The van der Waals surface area contributed by atoms with Crippen molar-refractivity contribution in [1.29, 1.82) is 0 Å². The lowest BCUT2D eigenvalue weighted by Gasteiger charge is -2.37. The maximum absolute atomic E-state index is 14.1. The van der Waals surface area contributed by atoms with E-state index in [4.69, 9.17) is 9.47 Å². The van der Waals surface area contributed by atoms with Gasteiger partial charge in [0.1, 0.15) is 5.54 Å². The molecule has 0 aromatic heterocycles. The first-order chi connectivity index (χ1) is 16.1. The Morgan fingerprint density at radius 2 is 1.85 bits per heavy atom. The van der Waals surface area contributed by atoms with E-state index in [1.54, 1.807) is 23.1 Å². The molecule has 5 heterocycles. The molecule has 3 saturated heterocycles. The number of anilines is 2. The Morgan fingerprint density at radius 3 is 2.70 bits per heavy atom. The first-order valence-corrected chi connectivity index (χ1v) is 11.5. The highest BCUT2D eigenvalue weighted by Gasteiger charge is 2.75. The molecule has 2 aromatic carbocycles. The largest absolute Gasteiger partial charge is 0.454 e. The van der Waals surface area contributed by atoms with Gasteiger partial charge in [0.2, 0.25) is 18.6 Å². The summed E-state index contributed by atoms with van der Waals surface area (Å²) in [5, 5.41) is 0. The Morgan fingerprint density at radius 1 is 1.03 bits per heavy atom. The number of nitrogens with zero attached hydrogens (tertiary/aromatic N) is 3. The molecule has 0 radical (unpaired) electrons. The molecule has 3 amide bonds. The molecule has 0 unspecified atom stereocenters. The first kappa shape index (κ1) is 19.1. The number of likely N-dealkylation sites (N-methyl/N-ethyl adjacent to an activating group) is 1. The van der Waals surface area contributed by atoms with Gasteiger partial charge < -0.3 is 14.4 Å². The zero-order valence-corrected chi connectivity index (χ0v) is 18.2. The predicted molar refractivity (Wildman–Crippen MR) is 118 cm³/mol. The first-order valence-electron chi connectivity index (χ1n) is 11.5. The van der Waals surface area contributed by atoms with Gasteiger partial charge in [-0.2, -0.15) is 0 Å². The second-order valence-corrected chi connectivity index (χ2v) is 9.29. The van der Waals surface area contributed by atoms with Crippen molar-refractivity contribution in [2.75, 3.05) is 29.7 Å². The SMILES string of the molecule is CCN1C(=O)[C@@]2(c3ccccc31)[C@@H]1C(=O)N(c3ccc4c(c3)OCO4)C(=O)[C@@H]1[C@@H]1CCCN12. The highest BCUT2D eigenvalue weighted by molar-refractivity contribution is 6.26. The zero-order valence-electron chi connectivity index (χ0n) is 18.2. The Hall–Kier alpha value is -3.39. The van der Waals surface area contributed by atoms with Crippen molar-refractivity contribution in [2.45, 2.75) is 31.3 Å². The van der Waals surface area contributed by atoms with Crippen molar-refractivity contribution in [1.82, 2.24) is 4.90 Å². The van der Waals surface area contributed by atoms with Crippen molar-refractivity contribution in [3.05, 3.63) is 48.0 Å². The number of imide groups is 1. The van der Waals surface area contributed by atoms with Crippen molar-refractivity contribution in [3.63, 3.8) is 0 Å². The van der Waals surface area contributed by atoms with Gasteiger partial charge in [0, 0.05) is 29.9 Å². The topological polar surface area (TPSA) is 79.4 Å². The van der Waals surface area contributed by atoms with Crippen LogP contribution in [0.15, 0.2) is 42.5 Å². The van der Waals surface area contributed by atoms with Gasteiger partial charge in [0.05, 0.1) is 17.5 Å². The minimum Gasteiger partial charge on any atom is -0.454 e. The summed E-state index contributed by atoms with van der Waals surface area (Å²) in [4.78, 5) is 47.2. The third kappa shape index (κ3) is 2.08. The third-order valence-corrected chi connectivity index (χ3v) is 8.08. The lowest BCUT2D eigenvalue weighted by Crippen LogP contribution is -2.56. The minimum atomic E-state index is -1.13. The van der Waals surface area contributed by atoms with Crippen LogP contribution in [0.4, 0.5) is 11.4 Å². The minimum absolute atomic E-state index is 0.0840. The van der Waals surface area contributed by atoms with Gasteiger partial charge in [-0.25, -0.2) is 4.90 Å². The number of hydrogen-bond donors (Lipinski definition) is 0. The summed E-state index contributed by atoms with van der Waals surface area (Å²) in [6.07, 6.45) is 1.71. The average molecular weight is 445 g/mol. The van der Waals surface area contributed by atoms with Crippen molar-refractivity contribution in [3.8, 4) is 11.5 Å². The fourth-order valence-electron chi connectivity index (χ4n) is 6.93. The van der Waals surface area contributed by atoms with Gasteiger partial charge >= 0.3 is 0 Å². The number of amides is 3. The summed E-state index contributed by atoms with van der Waals surface area (Å²) in [6.45, 7) is 3.29. The van der Waals surface area contributed by atoms with Gasteiger partial charge in [-0.3, -0.25) is 19.3 Å². The molecule has 168 valence electrons. The van der Waals surface area contributed by atoms with Crippen LogP contribution in [-0.2, 0) is 19.9 Å². The maximum atomic E-state index is 14.1. The summed E-state index contributed by atoms with van der Waals surface area (Å²) in [5.74, 6) is -0.793. The molecular formula is C25H23N3O5. The lowest BCUT2D eigenvalue weighted by molar-refractivity contribution is -0.137. The van der Waals surface area contributed by atoms with Gasteiger partial charge in [0.15, 0.2) is 11.5 Å². The quantitative estimate of drug-likeness (QED) is 0.660. The zero-order chi connectivity index (χ0) is 22.5. The van der Waals surface area contributed by atoms with Crippen molar-refractivity contribution >= 4 is 29.1 Å². The average Bonchev–Trinajstić information content (AvgIpc) is 3.60. The predicted octanol–water partition coefficient (Wildman–Crippen LogP) is 2.26.